The summed E-state index contributed by atoms with van der Waals surface area (Å²) in [5.74, 6) is -0.286. The van der Waals surface area contributed by atoms with E-state index in [-0.39, 0.29) is 42.1 Å². The largest absolute Gasteiger partial charge is 0.522 e. The predicted molar refractivity (Wildman–Crippen MR) is 126 cm³/mol. The lowest BCUT2D eigenvalue weighted by atomic mass is 9.44. The van der Waals surface area contributed by atoms with Crippen molar-refractivity contribution in [3.63, 3.8) is 0 Å². The molecule has 1 saturated heterocycles. The van der Waals surface area contributed by atoms with Crippen LogP contribution >= 0.6 is 11.6 Å². The number of aromatic nitrogens is 2. The molecule has 5 aliphatic rings. The number of carbonyl (C=O) groups is 2. The minimum absolute atomic E-state index is 0.124. The molecule has 3 heterocycles. The third kappa shape index (κ3) is 4.52. The number of likely N-dealkylation sites (tertiary alicyclic amines) is 1. The third-order valence-electron chi connectivity index (χ3n) is 8.04. The van der Waals surface area contributed by atoms with Crippen molar-refractivity contribution in [3.8, 4) is 5.75 Å². The van der Waals surface area contributed by atoms with Crippen molar-refractivity contribution in [2.24, 2.45) is 0 Å². The van der Waals surface area contributed by atoms with Gasteiger partial charge in [0.2, 0.25) is 0 Å². The summed E-state index contributed by atoms with van der Waals surface area (Å²) >= 11 is 5.99. The molecule has 2 amide bonds. The fourth-order valence-electron chi connectivity index (χ4n) is 6.32. The summed E-state index contributed by atoms with van der Waals surface area (Å²) in [7, 11) is 0. The van der Waals surface area contributed by atoms with Gasteiger partial charge in [0.05, 0.1) is 24.1 Å². The summed E-state index contributed by atoms with van der Waals surface area (Å²) in [5.41, 5.74) is 0.0851. The Morgan fingerprint density at radius 3 is 2.76 bits per heavy atom. The molecule has 38 heavy (non-hydrogen) atoms. The van der Waals surface area contributed by atoms with Crippen LogP contribution < -0.4 is 10.1 Å². The number of benzene rings is 1. The fourth-order valence-corrected chi connectivity index (χ4v) is 6.50. The highest BCUT2D eigenvalue weighted by Crippen LogP contribution is 2.65. The molecule has 7 rings (SSSR count). The first-order valence-corrected chi connectivity index (χ1v) is 12.9. The first-order chi connectivity index (χ1) is 17.9. The van der Waals surface area contributed by atoms with Crippen molar-refractivity contribution >= 4 is 23.4 Å². The highest BCUT2D eigenvalue weighted by Gasteiger charge is 2.70. The van der Waals surface area contributed by atoms with Crippen molar-refractivity contribution < 1.29 is 37.3 Å². The number of hydrogen-bond acceptors (Lipinski definition) is 6. The Labute approximate surface area is 220 Å². The molecule has 4 fully saturated rings. The van der Waals surface area contributed by atoms with Gasteiger partial charge in [0.25, 0.3) is 11.8 Å². The van der Waals surface area contributed by atoms with Gasteiger partial charge < -0.3 is 24.6 Å². The summed E-state index contributed by atoms with van der Waals surface area (Å²) < 4.78 is 49.6. The Hall–Kier alpha value is -2.83. The fraction of sp³-hybridized carbons (Fsp3) is 0.560. The van der Waals surface area contributed by atoms with Crippen LogP contribution in [0.3, 0.4) is 0 Å². The van der Waals surface area contributed by atoms with E-state index in [0.717, 1.165) is 0 Å². The topological polar surface area (TPSA) is 106 Å². The quantitative estimate of drug-likeness (QED) is 0.587. The van der Waals surface area contributed by atoms with E-state index in [1.165, 1.54) is 4.90 Å². The number of nitrogens with one attached hydrogen (secondary N) is 1. The first kappa shape index (κ1) is 25.4. The lowest BCUT2D eigenvalue weighted by Gasteiger charge is -2.70. The van der Waals surface area contributed by atoms with Gasteiger partial charge in [0.15, 0.2) is 6.10 Å². The van der Waals surface area contributed by atoms with Crippen LogP contribution in [0, 0.1) is 0 Å². The normalized spacial score (nSPS) is 31.9. The second-order valence-corrected chi connectivity index (χ2v) is 11.2. The number of aliphatic hydroxyl groups is 1. The molecular weight excluding hydrogens is 529 g/mol. The Bertz CT molecular complexity index is 1260. The average Bonchev–Trinajstić information content (AvgIpc) is 3.29. The molecule has 1 aromatic carbocycles. The van der Waals surface area contributed by atoms with Gasteiger partial charge in [-0.3, -0.25) is 14.3 Å². The number of carbonyl (C=O) groups excluding carboxylic acids is 2. The molecule has 3 saturated carbocycles. The van der Waals surface area contributed by atoms with E-state index in [2.05, 4.69) is 15.0 Å². The van der Waals surface area contributed by atoms with E-state index >= 15 is 0 Å². The number of aliphatic hydroxyl groups excluding tert-OH is 1. The molecule has 0 unspecified atom stereocenters. The number of amides is 2. The van der Waals surface area contributed by atoms with Crippen molar-refractivity contribution in [1.82, 2.24) is 19.8 Å². The molecule has 2 aromatic rings. The van der Waals surface area contributed by atoms with Crippen LogP contribution in [0.4, 0.5) is 13.2 Å². The molecular formula is C25H26ClF3N4O5. The molecule has 0 spiro atoms. The number of halogens is 4. The van der Waals surface area contributed by atoms with Crippen LogP contribution in [-0.4, -0.2) is 68.6 Å². The van der Waals surface area contributed by atoms with E-state index in [4.69, 9.17) is 16.3 Å². The van der Waals surface area contributed by atoms with Crippen molar-refractivity contribution in [2.75, 3.05) is 13.1 Å². The van der Waals surface area contributed by atoms with Crippen molar-refractivity contribution in [2.45, 2.75) is 74.3 Å². The molecule has 13 heteroatoms. The van der Waals surface area contributed by atoms with Gasteiger partial charge in [0.1, 0.15) is 11.4 Å². The number of rotatable bonds is 5. The summed E-state index contributed by atoms with van der Waals surface area (Å²) in [5, 5.41) is 14.0. The van der Waals surface area contributed by atoms with E-state index in [9.17, 15) is 27.9 Å². The van der Waals surface area contributed by atoms with Gasteiger partial charge in [-0.25, -0.2) is 4.98 Å². The number of imidazole rings is 1. The Balaban J connectivity index is 1.04. The van der Waals surface area contributed by atoms with Crippen LogP contribution in [0.1, 0.15) is 60.7 Å². The van der Waals surface area contributed by atoms with Crippen molar-refractivity contribution in [1.29, 1.82) is 0 Å². The molecule has 9 nitrogen and oxygen atoms in total. The summed E-state index contributed by atoms with van der Waals surface area (Å²) in [6.07, 6.45) is -1.57. The highest BCUT2D eigenvalue weighted by atomic mass is 35.5. The Kier molecular flexibility index (Phi) is 5.93. The van der Waals surface area contributed by atoms with Crippen LogP contribution in [0.15, 0.2) is 30.7 Å². The summed E-state index contributed by atoms with van der Waals surface area (Å²) in [6.45, 7) is 0.208. The van der Waals surface area contributed by atoms with E-state index in [0.29, 0.717) is 48.6 Å². The summed E-state index contributed by atoms with van der Waals surface area (Å²) in [4.78, 5) is 31.4. The smallest absolute Gasteiger partial charge is 0.480 e. The Morgan fingerprint density at radius 2 is 2.03 bits per heavy atom. The molecule has 2 N–H and O–H groups in total. The minimum Gasteiger partial charge on any atom is -0.480 e. The SMILES string of the molecule is O=C(NC12CC(n3cnc(C(=O)N4CCC[C@H](OC(F)(F)F)C4)c3)(C1)C2)[C@H]1C[C@@H](O)c2cc(Cl)ccc2O1. The van der Waals surface area contributed by atoms with Crippen LogP contribution in [0.5, 0.6) is 5.75 Å². The van der Waals surface area contributed by atoms with Gasteiger partial charge in [-0.05, 0) is 50.3 Å². The minimum atomic E-state index is -4.74. The summed E-state index contributed by atoms with van der Waals surface area (Å²) in [6, 6.07) is 4.91. The standard InChI is InChI=1S/C25H26ClF3N4O5/c26-14-3-4-19-16(6-14)18(34)7-20(37-19)21(35)31-23-10-24(11-23,12-23)33-9-17(30-13-33)22(36)32-5-1-2-15(8-32)38-25(27,28)29/h3-4,6,9,13,15,18,20,34H,1-2,5,7-8,10-12H2,(H,31,35)/t15-,18+,20+,23?,24?/m0/s1. The van der Waals surface area contributed by atoms with Crippen molar-refractivity contribution in [3.05, 3.63) is 47.0 Å². The van der Waals surface area contributed by atoms with E-state index < -0.39 is 30.6 Å². The molecule has 2 bridgehead atoms. The molecule has 0 radical (unpaired) electrons. The molecule has 3 atom stereocenters. The third-order valence-corrected chi connectivity index (χ3v) is 8.27. The van der Waals surface area contributed by atoms with Crippen LogP contribution in [-0.2, 0) is 15.1 Å². The van der Waals surface area contributed by atoms with Gasteiger partial charge in [-0.1, -0.05) is 11.6 Å². The number of ether oxygens (including phenoxy) is 2. The average molecular weight is 555 g/mol. The number of piperidine rings is 1. The van der Waals surface area contributed by atoms with E-state index in [1.54, 1.807) is 30.7 Å². The lowest BCUT2D eigenvalue weighted by Crippen LogP contribution is -2.79. The number of nitrogens with zero attached hydrogens (tertiary/aromatic N) is 3. The van der Waals surface area contributed by atoms with Gasteiger partial charge in [-0.2, -0.15) is 0 Å². The number of hydrogen-bond donors (Lipinski definition) is 2. The lowest BCUT2D eigenvalue weighted by molar-refractivity contribution is -0.345. The number of fused-ring (bicyclic) bond motifs is 1. The maximum atomic E-state index is 13.0. The molecule has 2 aliphatic heterocycles. The molecule has 3 aliphatic carbocycles. The monoisotopic (exact) mass is 554 g/mol. The molecule has 1 aromatic heterocycles. The Morgan fingerprint density at radius 1 is 1.26 bits per heavy atom. The highest BCUT2D eigenvalue weighted by molar-refractivity contribution is 6.30. The second kappa shape index (κ2) is 8.85. The zero-order chi connectivity index (χ0) is 26.9. The van der Waals surface area contributed by atoms with Gasteiger partial charge in [-0.15, -0.1) is 13.2 Å². The first-order valence-electron chi connectivity index (χ1n) is 12.5. The number of alkyl halides is 3. The molecule has 204 valence electrons. The van der Waals surface area contributed by atoms with E-state index in [1.807, 2.05) is 4.57 Å². The zero-order valence-corrected chi connectivity index (χ0v) is 21.0. The van der Waals surface area contributed by atoms with Gasteiger partial charge >= 0.3 is 6.36 Å². The maximum Gasteiger partial charge on any atom is 0.522 e. The van der Waals surface area contributed by atoms with Gasteiger partial charge in [0, 0.05) is 41.8 Å². The van der Waals surface area contributed by atoms with Crippen LogP contribution in [0.25, 0.3) is 0 Å². The second-order valence-electron chi connectivity index (χ2n) is 10.8. The maximum absolute atomic E-state index is 13.0. The zero-order valence-electron chi connectivity index (χ0n) is 20.2. The predicted octanol–water partition coefficient (Wildman–Crippen LogP) is 3.31. The van der Waals surface area contributed by atoms with Crippen LogP contribution in [0.2, 0.25) is 5.02 Å².